The van der Waals surface area contributed by atoms with Gasteiger partial charge in [0.15, 0.2) is 0 Å². The highest BCUT2D eigenvalue weighted by Crippen LogP contribution is 1.99. The topological polar surface area (TPSA) is 19.9 Å². The third-order valence-corrected chi connectivity index (χ3v) is 1.25. The van der Waals surface area contributed by atoms with Gasteiger partial charge in [-0.15, -0.1) is 0 Å². The van der Waals surface area contributed by atoms with E-state index in [1.807, 2.05) is 6.92 Å². The minimum atomic E-state index is 0.0931. The Morgan fingerprint density at radius 1 is 1.22 bits per heavy atom. The number of hydrogen-bond donors (Lipinski definition) is 0. The van der Waals surface area contributed by atoms with Crippen molar-refractivity contribution in [2.45, 2.75) is 32.6 Å². The monoisotopic (exact) mass is 127 g/mol. The smallest absolute Gasteiger partial charge is 0.0822 e. The minimum absolute atomic E-state index is 0.0931. The number of rotatable bonds is 5. The van der Waals surface area contributed by atoms with Crippen LogP contribution >= 0.6 is 0 Å². The van der Waals surface area contributed by atoms with E-state index in [2.05, 4.69) is 12.2 Å². The molecule has 0 aromatic rings. The van der Waals surface area contributed by atoms with E-state index in [9.17, 15) is 5.11 Å². The molecule has 0 aliphatic rings. The van der Waals surface area contributed by atoms with Gasteiger partial charge in [0, 0.05) is 0 Å². The van der Waals surface area contributed by atoms with Crippen LogP contribution in [0.5, 0.6) is 0 Å². The van der Waals surface area contributed by atoms with Crippen LogP contribution < -0.4 is 0 Å². The van der Waals surface area contributed by atoms with Gasteiger partial charge < -0.3 is 0 Å². The Hall–Kier alpha value is -0.300. The van der Waals surface area contributed by atoms with Gasteiger partial charge in [0.25, 0.3) is 0 Å². The molecule has 53 valence electrons. The Morgan fingerprint density at radius 3 is 2.56 bits per heavy atom. The zero-order valence-electron chi connectivity index (χ0n) is 6.10. The molecule has 0 unspecified atom stereocenters. The normalized spacial score (nSPS) is 10.9. The summed E-state index contributed by atoms with van der Waals surface area (Å²) >= 11 is 0. The van der Waals surface area contributed by atoms with Crippen molar-refractivity contribution < 1.29 is 5.11 Å². The van der Waals surface area contributed by atoms with Gasteiger partial charge in [0.2, 0.25) is 0 Å². The number of unbranched alkanes of at least 4 members (excludes halogenated alkanes) is 3. The van der Waals surface area contributed by atoms with E-state index < -0.39 is 0 Å². The molecule has 0 aliphatic heterocycles. The Labute approximate surface area is 57.4 Å². The third-order valence-electron chi connectivity index (χ3n) is 1.25. The molecule has 0 aliphatic carbocycles. The average Bonchev–Trinajstić information content (AvgIpc) is 1.89. The van der Waals surface area contributed by atoms with Crippen LogP contribution in [0.15, 0.2) is 12.2 Å². The molecule has 1 radical (unpaired) electrons. The van der Waals surface area contributed by atoms with Crippen LogP contribution in [0, 0.1) is 0 Å². The van der Waals surface area contributed by atoms with E-state index in [0.717, 1.165) is 19.3 Å². The number of allylic oxidation sites excluding steroid dienone is 2. The molecule has 0 amide bonds. The summed E-state index contributed by atoms with van der Waals surface area (Å²) in [7, 11) is 0. The second kappa shape index (κ2) is 7.70. The fraction of sp³-hybridized carbons (Fsp3) is 0.750. The molecule has 0 N–H and O–H groups in total. The van der Waals surface area contributed by atoms with Crippen molar-refractivity contribution in [1.82, 2.24) is 0 Å². The third kappa shape index (κ3) is 7.70. The maximum absolute atomic E-state index is 9.94. The molecule has 0 atom stereocenters. The SMILES string of the molecule is C/C=C/CCCCC[O]. The molecule has 0 aromatic heterocycles. The van der Waals surface area contributed by atoms with Crippen LogP contribution in [-0.4, -0.2) is 6.61 Å². The summed E-state index contributed by atoms with van der Waals surface area (Å²) in [5.41, 5.74) is 0. The first-order chi connectivity index (χ1) is 4.41. The van der Waals surface area contributed by atoms with Gasteiger partial charge >= 0.3 is 0 Å². The van der Waals surface area contributed by atoms with Gasteiger partial charge in [-0.05, 0) is 26.2 Å². The maximum atomic E-state index is 9.94. The van der Waals surface area contributed by atoms with Gasteiger partial charge in [-0.3, -0.25) is 0 Å². The van der Waals surface area contributed by atoms with Crippen LogP contribution in [0.4, 0.5) is 0 Å². The first-order valence-corrected chi connectivity index (χ1v) is 3.61. The number of hydrogen-bond acceptors (Lipinski definition) is 0. The van der Waals surface area contributed by atoms with Crippen LogP contribution in [0.3, 0.4) is 0 Å². The summed E-state index contributed by atoms with van der Waals surface area (Å²) < 4.78 is 0. The van der Waals surface area contributed by atoms with Crippen LogP contribution in [0.2, 0.25) is 0 Å². The fourth-order valence-corrected chi connectivity index (χ4v) is 0.708. The zero-order chi connectivity index (χ0) is 6.95. The van der Waals surface area contributed by atoms with E-state index in [1.165, 1.54) is 6.42 Å². The van der Waals surface area contributed by atoms with Gasteiger partial charge in [-0.2, -0.15) is 0 Å². The molecule has 1 heteroatoms. The molecule has 0 saturated heterocycles. The lowest BCUT2D eigenvalue weighted by atomic mass is 10.2. The largest absolute Gasteiger partial charge is 0.237 e. The van der Waals surface area contributed by atoms with E-state index in [1.54, 1.807) is 0 Å². The van der Waals surface area contributed by atoms with E-state index in [-0.39, 0.29) is 6.61 Å². The maximum Gasteiger partial charge on any atom is 0.0822 e. The van der Waals surface area contributed by atoms with Crippen LogP contribution in [0.25, 0.3) is 0 Å². The molecule has 0 bridgehead atoms. The van der Waals surface area contributed by atoms with E-state index in [4.69, 9.17) is 0 Å². The molecular formula is C8H15O. The second-order valence-corrected chi connectivity index (χ2v) is 2.12. The average molecular weight is 127 g/mol. The lowest BCUT2D eigenvalue weighted by Gasteiger charge is -1.91. The Morgan fingerprint density at radius 2 is 2.00 bits per heavy atom. The predicted molar refractivity (Wildman–Crippen MR) is 38.8 cm³/mol. The lowest BCUT2D eigenvalue weighted by Crippen LogP contribution is -1.79. The molecule has 0 rings (SSSR count). The summed E-state index contributed by atoms with van der Waals surface area (Å²) in [5, 5.41) is 9.94. The van der Waals surface area contributed by atoms with Gasteiger partial charge in [0.1, 0.15) is 0 Å². The zero-order valence-corrected chi connectivity index (χ0v) is 6.10. The Balaban J connectivity index is 2.75. The van der Waals surface area contributed by atoms with E-state index in [0.29, 0.717) is 0 Å². The van der Waals surface area contributed by atoms with Gasteiger partial charge in [0.05, 0.1) is 6.61 Å². The molecule has 9 heavy (non-hydrogen) atoms. The fourth-order valence-electron chi connectivity index (χ4n) is 0.708. The summed E-state index contributed by atoms with van der Waals surface area (Å²) in [4.78, 5) is 0. The van der Waals surface area contributed by atoms with Gasteiger partial charge in [-0.25, -0.2) is 5.11 Å². The first-order valence-electron chi connectivity index (χ1n) is 3.61. The Kier molecular flexibility index (Phi) is 7.44. The Bertz CT molecular complexity index is 67.0. The van der Waals surface area contributed by atoms with Crippen molar-refractivity contribution in [3.8, 4) is 0 Å². The molecule has 0 fully saturated rings. The quantitative estimate of drug-likeness (QED) is 0.399. The second-order valence-electron chi connectivity index (χ2n) is 2.12. The van der Waals surface area contributed by atoms with E-state index >= 15 is 0 Å². The van der Waals surface area contributed by atoms with Crippen LogP contribution in [-0.2, 0) is 5.11 Å². The van der Waals surface area contributed by atoms with Crippen molar-refractivity contribution in [3.05, 3.63) is 12.2 Å². The van der Waals surface area contributed by atoms with Crippen molar-refractivity contribution in [3.63, 3.8) is 0 Å². The molecular weight excluding hydrogens is 112 g/mol. The summed E-state index contributed by atoms with van der Waals surface area (Å²) in [6, 6.07) is 0. The van der Waals surface area contributed by atoms with Gasteiger partial charge in [-0.1, -0.05) is 18.6 Å². The standard InChI is InChI=1S/C8H15O/c1-2-3-4-5-6-7-8-9/h2-3H,4-8H2,1H3/b3-2+. The minimum Gasteiger partial charge on any atom is -0.237 e. The van der Waals surface area contributed by atoms with Crippen molar-refractivity contribution in [2.24, 2.45) is 0 Å². The van der Waals surface area contributed by atoms with Crippen molar-refractivity contribution >= 4 is 0 Å². The molecule has 0 spiro atoms. The van der Waals surface area contributed by atoms with Crippen molar-refractivity contribution in [1.29, 1.82) is 0 Å². The molecule has 1 nitrogen and oxygen atoms in total. The highest BCUT2D eigenvalue weighted by Gasteiger charge is 1.83. The molecule has 0 saturated carbocycles. The highest BCUT2D eigenvalue weighted by atomic mass is 16.2. The molecule has 0 aromatic carbocycles. The lowest BCUT2D eigenvalue weighted by molar-refractivity contribution is 0.186. The van der Waals surface area contributed by atoms with Crippen LogP contribution in [0.1, 0.15) is 32.6 Å². The summed E-state index contributed by atoms with van der Waals surface area (Å²) in [6.45, 7) is 2.11. The highest BCUT2D eigenvalue weighted by molar-refractivity contribution is 4.75. The van der Waals surface area contributed by atoms with Crippen molar-refractivity contribution in [2.75, 3.05) is 6.61 Å². The first kappa shape index (κ1) is 8.70. The summed E-state index contributed by atoms with van der Waals surface area (Å²) in [6.07, 6.45) is 8.44. The predicted octanol–water partition coefficient (Wildman–Crippen LogP) is 2.55. The summed E-state index contributed by atoms with van der Waals surface area (Å²) in [5.74, 6) is 0. The molecule has 0 heterocycles.